The number of ether oxygens (including phenoxy) is 1. The molecule has 1 atom stereocenters. The van der Waals surface area contributed by atoms with Crippen molar-refractivity contribution in [3.8, 4) is 0 Å². The molecule has 0 fully saturated rings. The van der Waals surface area contributed by atoms with E-state index in [1.165, 1.54) is 16.0 Å². The Morgan fingerprint density at radius 1 is 1.35 bits per heavy atom. The number of nitrogens with zero attached hydrogens (tertiary/aromatic N) is 1. The summed E-state index contributed by atoms with van der Waals surface area (Å²) in [5.74, 6) is 0.201. The van der Waals surface area contributed by atoms with Gasteiger partial charge in [0.25, 0.3) is 5.91 Å². The molecular weight excluding hydrogens is 308 g/mol. The van der Waals surface area contributed by atoms with Crippen molar-refractivity contribution in [3.63, 3.8) is 0 Å². The molecule has 122 valence electrons. The van der Waals surface area contributed by atoms with Crippen molar-refractivity contribution >= 4 is 17.2 Å². The largest absolute Gasteiger partial charge is 0.379 e. The summed E-state index contributed by atoms with van der Waals surface area (Å²) in [7, 11) is 1.68. The van der Waals surface area contributed by atoms with E-state index in [1.54, 1.807) is 18.4 Å². The van der Waals surface area contributed by atoms with Crippen LogP contribution >= 0.6 is 11.3 Å². The van der Waals surface area contributed by atoms with E-state index in [0.29, 0.717) is 13.2 Å². The van der Waals surface area contributed by atoms with Gasteiger partial charge < -0.3 is 15.0 Å². The molecule has 1 amide bonds. The Kier molecular flexibility index (Phi) is 5.43. The van der Waals surface area contributed by atoms with Gasteiger partial charge in [0, 0.05) is 18.5 Å². The molecule has 0 spiro atoms. The minimum atomic E-state index is 0.0505. The number of methoxy groups -OCH3 is 1. The van der Waals surface area contributed by atoms with E-state index in [-0.39, 0.29) is 11.9 Å². The maximum absolute atomic E-state index is 12.7. The van der Waals surface area contributed by atoms with Gasteiger partial charge in [0.1, 0.15) is 0 Å². The smallest absolute Gasteiger partial charge is 0.278 e. The first kappa shape index (κ1) is 16.2. The van der Waals surface area contributed by atoms with Crippen LogP contribution in [-0.4, -0.2) is 44.2 Å². The maximum Gasteiger partial charge on any atom is 0.278 e. The molecule has 1 aliphatic heterocycles. The van der Waals surface area contributed by atoms with E-state index >= 15 is 0 Å². The van der Waals surface area contributed by atoms with E-state index in [4.69, 9.17) is 4.74 Å². The van der Waals surface area contributed by atoms with Gasteiger partial charge >= 0.3 is 0 Å². The highest BCUT2D eigenvalue weighted by atomic mass is 32.1. The van der Waals surface area contributed by atoms with Gasteiger partial charge in [-0.2, -0.15) is 0 Å². The SMILES string of the molecule is COCC[NH2+]CC(=O)N1CCc2sccc2[C@@H]1c1ccccc1. The van der Waals surface area contributed by atoms with E-state index < -0.39 is 0 Å². The number of thiophene rings is 1. The van der Waals surface area contributed by atoms with E-state index in [2.05, 4.69) is 23.6 Å². The number of carbonyl (C=O) groups excluding carboxylic acids is 1. The molecule has 0 saturated carbocycles. The number of quaternary nitrogens is 1. The average Bonchev–Trinajstić information content (AvgIpc) is 3.07. The van der Waals surface area contributed by atoms with Gasteiger partial charge in [-0.3, -0.25) is 4.79 Å². The second-order valence-corrected chi connectivity index (χ2v) is 6.72. The minimum Gasteiger partial charge on any atom is -0.379 e. The van der Waals surface area contributed by atoms with Crippen LogP contribution in [0.15, 0.2) is 41.8 Å². The van der Waals surface area contributed by atoms with Crippen LogP contribution in [0, 0.1) is 0 Å². The number of hydrogen-bond donors (Lipinski definition) is 1. The van der Waals surface area contributed by atoms with Gasteiger partial charge in [0.15, 0.2) is 6.54 Å². The number of carbonyl (C=O) groups is 1. The molecule has 2 aromatic rings. The first-order chi connectivity index (χ1) is 11.3. The Morgan fingerprint density at radius 3 is 2.96 bits per heavy atom. The molecule has 0 saturated heterocycles. The first-order valence-corrected chi connectivity index (χ1v) is 8.90. The van der Waals surface area contributed by atoms with Crippen LogP contribution in [0.25, 0.3) is 0 Å². The standard InChI is InChI=1S/C18H22N2O2S/c1-22-11-9-19-13-17(21)20-10-7-16-15(8-12-23-16)18(20)14-5-3-2-4-6-14/h2-6,8,12,18-19H,7,9-11,13H2,1H3/p+1/t18-/m0/s1. The van der Waals surface area contributed by atoms with Crippen LogP contribution in [0.5, 0.6) is 0 Å². The lowest BCUT2D eigenvalue weighted by Crippen LogP contribution is -2.87. The summed E-state index contributed by atoms with van der Waals surface area (Å²) in [6.45, 7) is 2.76. The minimum absolute atomic E-state index is 0.0505. The average molecular weight is 331 g/mol. The maximum atomic E-state index is 12.7. The van der Waals surface area contributed by atoms with E-state index in [1.807, 2.05) is 28.4 Å². The van der Waals surface area contributed by atoms with Gasteiger partial charge in [-0.25, -0.2) is 0 Å². The molecule has 2 N–H and O–H groups in total. The predicted molar refractivity (Wildman–Crippen MR) is 91.6 cm³/mol. The molecule has 4 nitrogen and oxygen atoms in total. The topological polar surface area (TPSA) is 46.1 Å². The van der Waals surface area contributed by atoms with Crippen LogP contribution < -0.4 is 5.32 Å². The summed E-state index contributed by atoms with van der Waals surface area (Å²) in [6.07, 6.45) is 0.958. The summed E-state index contributed by atoms with van der Waals surface area (Å²) in [4.78, 5) is 16.2. The monoisotopic (exact) mass is 331 g/mol. The van der Waals surface area contributed by atoms with Crippen LogP contribution in [0.3, 0.4) is 0 Å². The van der Waals surface area contributed by atoms with Crippen molar-refractivity contribution in [1.82, 2.24) is 4.90 Å². The number of benzene rings is 1. The van der Waals surface area contributed by atoms with Crippen molar-refractivity contribution < 1.29 is 14.8 Å². The summed E-state index contributed by atoms with van der Waals surface area (Å²) >= 11 is 1.80. The molecular formula is C18H23N2O2S+. The number of fused-ring (bicyclic) bond motifs is 1. The third-order valence-corrected chi connectivity index (χ3v) is 5.24. The highest BCUT2D eigenvalue weighted by Crippen LogP contribution is 2.37. The first-order valence-electron chi connectivity index (χ1n) is 8.02. The van der Waals surface area contributed by atoms with Crippen molar-refractivity contribution in [1.29, 1.82) is 0 Å². The fraction of sp³-hybridized carbons (Fsp3) is 0.389. The van der Waals surface area contributed by atoms with Crippen molar-refractivity contribution in [2.45, 2.75) is 12.5 Å². The Bertz CT molecular complexity index is 641. The summed E-state index contributed by atoms with van der Waals surface area (Å²) in [6, 6.07) is 12.6. The highest BCUT2D eigenvalue weighted by molar-refractivity contribution is 7.10. The molecule has 1 aliphatic rings. The normalized spacial score (nSPS) is 17.1. The lowest BCUT2D eigenvalue weighted by atomic mass is 9.93. The number of amides is 1. The number of nitrogens with two attached hydrogens (primary N) is 1. The molecule has 0 unspecified atom stereocenters. The van der Waals surface area contributed by atoms with Gasteiger partial charge in [-0.15, -0.1) is 11.3 Å². The Labute approximate surface area is 141 Å². The fourth-order valence-electron chi connectivity index (χ4n) is 3.12. The predicted octanol–water partition coefficient (Wildman–Crippen LogP) is 1.43. The molecule has 0 aliphatic carbocycles. The van der Waals surface area contributed by atoms with Crippen molar-refractivity contribution in [2.24, 2.45) is 0 Å². The molecule has 5 heteroatoms. The van der Waals surface area contributed by atoms with Gasteiger partial charge in [-0.05, 0) is 29.0 Å². The van der Waals surface area contributed by atoms with Gasteiger partial charge in [-0.1, -0.05) is 30.3 Å². The number of hydrogen-bond acceptors (Lipinski definition) is 3. The van der Waals surface area contributed by atoms with Gasteiger partial charge in [0.2, 0.25) is 0 Å². The second-order valence-electron chi connectivity index (χ2n) is 5.72. The molecule has 0 radical (unpaired) electrons. The second kappa shape index (κ2) is 7.73. The Hall–Kier alpha value is -1.69. The van der Waals surface area contributed by atoms with E-state index in [9.17, 15) is 4.79 Å². The molecule has 2 heterocycles. The van der Waals surface area contributed by atoms with Crippen LogP contribution in [0.4, 0.5) is 0 Å². The third kappa shape index (κ3) is 3.63. The quantitative estimate of drug-likeness (QED) is 0.814. The zero-order valence-corrected chi connectivity index (χ0v) is 14.2. The fourth-order valence-corrected chi connectivity index (χ4v) is 4.03. The lowest BCUT2D eigenvalue weighted by Gasteiger charge is -2.36. The van der Waals surface area contributed by atoms with Crippen LogP contribution in [0.2, 0.25) is 0 Å². The van der Waals surface area contributed by atoms with Crippen LogP contribution in [-0.2, 0) is 16.0 Å². The third-order valence-electron chi connectivity index (χ3n) is 4.25. The number of rotatable bonds is 6. The summed E-state index contributed by atoms with van der Waals surface area (Å²) in [5, 5.41) is 4.16. The molecule has 3 rings (SSSR count). The van der Waals surface area contributed by atoms with Crippen molar-refractivity contribution in [2.75, 3.05) is 33.4 Å². The highest BCUT2D eigenvalue weighted by Gasteiger charge is 2.32. The lowest BCUT2D eigenvalue weighted by molar-refractivity contribution is -0.646. The Balaban J connectivity index is 1.80. The molecule has 1 aromatic heterocycles. The zero-order chi connectivity index (χ0) is 16.1. The van der Waals surface area contributed by atoms with Crippen molar-refractivity contribution in [3.05, 3.63) is 57.8 Å². The zero-order valence-electron chi connectivity index (χ0n) is 13.4. The summed E-state index contributed by atoms with van der Waals surface area (Å²) in [5.41, 5.74) is 2.48. The molecule has 1 aromatic carbocycles. The Morgan fingerprint density at radius 2 is 2.17 bits per heavy atom. The van der Waals surface area contributed by atoms with Crippen LogP contribution in [0.1, 0.15) is 22.0 Å². The van der Waals surface area contributed by atoms with E-state index in [0.717, 1.165) is 19.5 Å². The summed E-state index contributed by atoms with van der Waals surface area (Å²) < 4.78 is 5.04. The van der Waals surface area contributed by atoms with Gasteiger partial charge in [0.05, 0.1) is 19.2 Å². The molecule has 0 bridgehead atoms. The molecule has 23 heavy (non-hydrogen) atoms.